The first kappa shape index (κ1) is 16.4. The third-order valence-corrected chi connectivity index (χ3v) is 4.12. The fourth-order valence-electron chi connectivity index (χ4n) is 1.63. The van der Waals surface area contributed by atoms with Crippen LogP contribution in [0.15, 0.2) is 23.1 Å². The molecule has 0 amide bonds. The van der Waals surface area contributed by atoms with Crippen molar-refractivity contribution in [1.29, 1.82) is 0 Å². The van der Waals surface area contributed by atoms with Gasteiger partial charge < -0.3 is 15.7 Å². The van der Waals surface area contributed by atoms with Crippen LogP contribution in [0.1, 0.15) is 16.8 Å². The van der Waals surface area contributed by atoms with Gasteiger partial charge in [0.2, 0.25) is 10.0 Å². The Kier molecular flexibility index (Phi) is 5.49. The fraction of sp³-hybridized carbons (Fsp3) is 0.417. The number of hydrogen-bond acceptors (Lipinski definition) is 5. The van der Waals surface area contributed by atoms with E-state index in [2.05, 4.69) is 4.72 Å². The number of rotatable bonds is 7. The summed E-state index contributed by atoms with van der Waals surface area (Å²) >= 11 is 0. The standard InChI is InChI=1S/C12H19N3O4S/c1-15(2)7-3-6-14-20(18,19)11-5-4-9(13)8-10(11)12(16)17/h4-5,8,14H,3,6-7,13H2,1-2H3,(H,16,17). The Bertz CT molecular complexity index is 584. The first-order valence-corrected chi connectivity index (χ1v) is 7.49. The molecule has 0 aliphatic carbocycles. The molecular formula is C12H19N3O4S. The summed E-state index contributed by atoms with van der Waals surface area (Å²) < 4.78 is 26.6. The second-order valence-electron chi connectivity index (χ2n) is 4.62. The lowest BCUT2D eigenvalue weighted by Gasteiger charge is -2.12. The molecule has 0 spiro atoms. The number of nitrogens with two attached hydrogens (primary N) is 1. The molecule has 0 heterocycles. The van der Waals surface area contributed by atoms with E-state index in [-0.39, 0.29) is 22.7 Å². The van der Waals surface area contributed by atoms with Gasteiger partial charge in [0.25, 0.3) is 0 Å². The Morgan fingerprint density at radius 2 is 2.05 bits per heavy atom. The molecule has 7 nitrogen and oxygen atoms in total. The lowest BCUT2D eigenvalue weighted by atomic mass is 10.2. The normalized spacial score (nSPS) is 11.8. The van der Waals surface area contributed by atoms with Gasteiger partial charge in [-0.05, 0) is 45.3 Å². The van der Waals surface area contributed by atoms with Crippen molar-refractivity contribution >= 4 is 21.7 Å². The second-order valence-corrected chi connectivity index (χ2v) is 6.35. The van der Waals surface area contributed by atoms with E-state index in [1.807, 2.05) is 19.0 Å². The summed E-state index contributed by atoms with van der Waals surface area (Å²) in [5.74, 6) is -1.33. The SMILES string of the molecule is CN(C)CCCNS(=O)(=O)c1ccc(N)cc1C(=O)O. The van der Waals surface area contributed by atoms with E-state index >= 15 is 0 Å². The molecule has 0 unspecified atom stereocenters. The number of carboxylic acids is 1. The van der Waals surface area contributed by atoms with Gasteiger partial charge in [-0.2, -0.15) is 0 Å². The molecule has 0 aromatic heterocycles. The van der Waals surface area contributed by atoms with Crippen LogP contribution in [-0.2, 0) is 10.0 Å². The Morgan fingerprint density at radius 3 is 2.60 bits per heavy atom. The van der Waals surface area contributed by atoms with Crippen molar-refractivity contribution in [3.8, 4) is 0 Å². The van der Waals surface area contributed by atoms with Crippen LogP contribution < -0.4 is 10.5 Å². The zero-order valence-electron chi connectivity index (χ0n) is 11.5. The summed E-state index contributed by atoms with van der Waals surface area (Å²) in [7, 11) is -0.0837. The topological polar surface area (TPSA) is 113 Å². The quantitative estimate of drug-likeness (QED) is 0.490. The maximum Gasteiger partial charge on any atom is 0.337 e. The lowest BCUT2D eigenvalue weighted by molar-refractivity contribution is 0.0692. The van der Waals surface area contributed by atoms with Crippen molar-refractivity contribution in [2.45, 2.75) is 11.3 Å². The highest BCUT2D eigenvalue weighted by atomic mass is 32.2. The number of nitrogens with one attached hydrogen (secondary N) is 1. The summed E-state index contributed by atoms with van der Waals surface area (Å²) in [6, 6.07) is 3.70. The Morgan fingerprint density at radius 1 is 1.40 bits per heavy atom. The maximum atomic E-state index is 12.1. The van der Waals surface area contributed by atoms with Crippen LogP contribution in [0.25, 0.3) is 0 Å². The largest absolute Gasteiger partial charge is 0.478 e. The summed E-state index contributed by atoms with van der Waals surface area (Å²) in [5.41, 5.74) is 5.35. The molecule has 20 heavy (non-hydrogen) atoms. The van der Waals surface area contributed by atoms with Gasteiger partial charge in [-0.3, -0.25) is 0 Å². The molecule has 0 fully saturated rings. The molecule has 1 rings (SSSR count). The predicted octanol–water partition coefficient (Wildman–Crippen LogP) is 0.197. The number of carbonyl (C=O) groups is 1. The van der Waals surface area contributed by atoms with Crippen molar-refractivity contribution < 1.29 is 18.3 Å². The van der Waals surface area contributed by atoms with Crippen LogP contribution in [0.2, 0.25) is 0 Å². The van der Waals surface area contributed by atoms with E-state index < -0.39 is 16.0 Å². The highest BCUT2D eigenvalue weighted by Gasteiger charge is 2.21. The van der Waals surface area contributed by atoms with Gasteiger partial charge in [-0.1, -0.05) is 0 Å². The number of nitrogens with zero attached hydrogens (tertiary/aromatic N) is 1. The van der Waals surface area contributed by atoms with E-state index in [9.17, 15) is 13.2 Å². The van der Waals surface area contributed by atoms with Crippen LogP contribution >= 0.6 is 0 Å². The van der Waals surface area contributed by atoms with Crippen LogP contribution in [0.5, 0.6) is 0 Å². The van der Waals surface area contributed by atoms with Crippen LogP contribution in [0, 0.1) is 0 Å². The van der Waals surface area contributed by atoms with Crippen LogP contribution in [0.4, 0.5) is 5.69 Å². The van der Waals surface area contributed by atoms with Crippen molar-refractivity contribution in [2.24, 2.45) is 0 Å². The molecule has 0 saturated heterocycles. The number of benzene rings is 1. The van der Waals surface area contributed by atoms with E-state index in [1.165, 1.54) is 12.1 Å². The van der Waals surface area contributed by atoms with Crippen LogP contribution in [-0.4, -0.2) is 51.6 Å². The van der Waals surface area contributed by atoms with Gasteiger partial charge in [-0.25, -0.2) is 17.9 Å². The minimum atomic E-state index is -3.86. The third-order valence-electron chi connectivity index (χ3n) is 2.60. The zero-order chi connectivity index (χ0) is 15.3. The molecule has 0 radical (unpaired) electrons. The molecule has 0 aliphatic rings. The minimum absolute atomic E-state index is 0.203. The Hall–Kier alpha value is -1.64. The smallest absolute Gasteiger partial charge is 0.337 e. The predicted molar refractivity (Wildman–Crippen MR) is 76.2 cm³/mol. The number of nitrogen functional groups attached to an aromatic ring is 1. The molecule has 0 atom stereocenters. The second kappa shape index (κ2) is 6.69. The van der Waals surface area contributed by atoms with Gasteiger partial charge in [-0.15, -0.1) is 0 Å². The highest BCUT2D eigenvalue weighted by Crippen LogP contribution is 2.18. The van der Waals surface area contributed by atoms with E-state index in [0.717, 1.165) is 12.6 Å². The molecule has 1 aromatic rings. The summed E-state index contributed by atoms with van der Waals surface area (Å²) in [5, 5.41) is 9.04. The van der Waals surface area contributed by atoms with E-state index in [1.54, 1.807) is 0 Å². The number of anilines is 1. The summed E-state index contributed by atoms with van der Waals surface area (Å²) in [6.07, 6.45) is 0.629. The number of hydrogen-bond donors (Lipinski definition) is 3. The van der Waals surface area contributed by atoms with Gasteiger partial charge in [0, 0.05) is 12.2 Å². The summed E-state index contributed by atoms with van der Waals surface area (Å²) in [6.45, 7) is 0.972. The highest BCUT2D eigenvalue weighted by molar-refractivity contribution is 7.89. The van der Waals surface area contributed by atoms with Crippen molar-refractivity contribution in [1.82, 2.24) is 9.62 Å². The number of aromatic carboxylic acids is 1. The van der Waals surface area contributed by atoms with Gasteiger partial charge in [0.05, 0.1) is 10.5 Å². The van der Waals surface area contributed by atoms with Gasteiger partial charge in [0.15, 0.2) is 0 Å². The van der Waals surface area contributed by atoms with Gasteiger partial charge >= 0.3 is 5.97 Å². The Labute approximate surface area is 118 Å². The minimum Gasteiger partial charge on any atom is -0.478 e. The first-order valence-electron chi connectivity index (χ1n) is 6.01. The third kappa shape index (κ3) is 4.48. The van der Waals surface area contributed by atoms with E-state index in [4.69, 9.17) is 10.8 Å². The maximum absolute atomic E-state index is 12.1. The van der Waals surface area contributed by atoms with Crippen LogP contribution in [0.3, 0.4) is 0 Å². The molecule has 1 aromatic carbocycles. The molecule has 0 saturated carbocycles. The molecule has 0 aliphatic heterocycles. The van der Waals surface area contributed by atoms with Crippen molar-refractivity contribution in [3.05, 3.63) is 23.8 Å². The molecule has 0 bridgehead atoms. The average Bonchev–Trinajstić information content (AvgIpc) is 2.34. The molecular weight excluding hydrogens is 282 g/mol. The lowest BCUT2D eigenvalue weighted by Crippen LogP contribution is -2.28. The fourth-order valence-corrected chi connectivity index (χ4v) is 2.88. The first-order chi connectivity index (χ1) is 9.24. The summed E-state index contributed by atoms with van der Waals surface area (Å²) in [4.78, 5) is 12.7. The van der Waals surface area contributed by atoms with Crippen molar-refractivity contribution in [2.75, 3.05) is 32.9 Å². The number of sulfonamides is 1. The van der Waals surface area contributed by atoms with E-state index in [0.29, 0.717) is 6.42 Å². The molecule has 8 heteroatoms. The zero-order valence-corrected chi connectivity index (χ0v) is 12.3. The monoisotopic (exact) mass is 301 g/mol. The molecule has 4 N–H and O–H groups in total. The average molecular weight is 301 g/mol. The Balaban J connectivity index is 2.90. The van der Waals surface area contributed by atoms with Crippen molar-refractivity contribution in [3.63, 3.8) is 0 Å². The van der Waals surface area contributed by atoms with Gasteiger partial charge in [0.1, 0.15) is 0 Å². The molecule has 112 valence electrons. The number of carboxylic acid groups (broad SMARTS) is 1.